The van der Waals surface area contributed by atoms with Crippen molar-refractivity contribution in [2.45, 2.75) is 37.1 Å². The summed E-state index contributed by atoms with van der Waals surface area (Å²) in [5, 5.41) is 11.9. The Balaban J connectivity index is 1.48. The van der Waals surface area contributed by atoms with Gasteiger partial charge in [-0.15, -0.1) is 22.0 Å². The molecule has 1 aromatic heterocycles. The standard InChI is InChI=1S/C21H20ClFN4OS/c22-15-6-8-16(9-7-15)29-13-20(28)24-18-12-14(5-10-17(18)23)21-26-25-19-4-2-1-3-11-27(19)21/h5-10,12H,1-4,11,13H2,(H,24,28). The highest BCUT2D eigenvalue weighted by molar-refractivity contribution is 8.00. The molecular weight excluding hydrogens is 411 g/mol. The molecule has 2 aromatic carbocycles. The SMILES string of the molecule is O=C(CSc1ccc(Cl)cc1)Nc1cc(-c2nnc3n2CCCCC3)ccc1F. The van der Waals surface area contributed by atoms with Gasteiger partial charge >= 0.3 is 0 Å². The van der Waals surface area contributed by atoms with Crippen molar-refractivity contribution in [3.8, 4) is 11.4 Å². The second-order valence-corrected chi connectivity index (χ2v) is 8.37. The number of hydrogen-bond donors (Lipinski definition) is 1. The highest BCUT2D eigenvalue weighted by Crippen LogP contribution is 2.27. The lowest BCUT2D eigenvalue weighted by atomic mass is 10.1. The number of carbonyl (C=O) groups is 1. The Labute approximate surface area is 177 Å². The zero-order chi connectivity index (χ0) is 20.2. The van der Waals surface area contributed by atoms with Crippen LogP contribution in [0.4, 0.5) is 10.1 Å². The number of halogens is 2. The van der Waals surface area contributed by atoms with Crippen LogP contribution < -0.4 is 5.32 Å². The summed E-state index contributed by atoms with van der Waals surface area (Å²) in [7, 11) is 0. The Morgan fingerprint density at radius 2 is 1.97 bits per heavy atom. The molecule has 5 nitrogen and oxygen atoms in total. The number of benzene rings is 2. The molecule has 0 spiro atoms. The molecule has 150 valence electrons. The van der Waals surface area contributed by atoms with Gasteiger partial charge in [0.2, 0.25) is 5.91 Å². The number of rotatable bonds is 5. The molecule has 4 rings (SSSR count). The number of thioether (sulfide) groups is 1. The summed E-state index contributed by atoms with van der Waals surface area (Å²) in [6.07, 6.45) is 4.25. The molecule has 1 aliphatic heterocycles. The highest BCUT2D eigenvalue weighted by Gasteiger charge is 2.17. The molecule has 3 aromatic rings. The predicted octanol–water partition coefficient (Wildman–Crippen LogP) is 5.19. The second-order valence-electron chi connectivity index (χ2n) is 6.89. The minimum Gasteiger partial charge on any atom is -0.323 e. The first-order valence-electron chi connectivity index (χ1n) is 9.50. The Morgan fingerprint density at radius 3 is 2.79 bits per heavy atom. The lowest BCUT2D eigenvalue weighted by Crippen LogP contribution is -2.15. The van der Waals surface area contributed by atoms with Gasteiger partial charge in [-0.1, -0.05) is 18.0 Å². The quantitative estimate of drug-likeness (QED) is 0.565. The molecule has 0 bridgehead atoms. The summed E-state index contributed by atoms with van der Waals surface area (Å²) < 4.78 is 16.4. The first-order valence-corrected chi connectivity index (χ1v) is 10.9. The van der Waals surface area contributed by atoms with E-state index in [0.29, 0.717) is 10.8 Å². The topological polar surface area (TPSA) is 59.8 Å². The van der Waals surface area contributed by atoms with E-state index in [0.717, 1.165) is 42.1 Å². The molecule has 2 heterocycles. The van der Waals surface area contributed by atoms with E-state index in [1.54, 1.807) is 24.3 Å². The molecule has 0 unspecified atom stereocenters. The third kappa shape index (κ3) is 4.79. The van der Waals surface area contributed by atoms with Crippen LogP contribution in [0.1, 0.15) is 25.1 Å². The van der Waals surface area contributed by atoms with Gasteiger partial charge in [-0.2, -0.15) is 0 Å². The molecule has 1 amide bonds. The summed E-state index contributed by atoms with van der Waals surface area (Å²) in [5.74, 6) is 1.10. The Hall–Kier alpha value is -2.38. The summed E-state index contributed by atoms with van der Waals surface area (Å²) in [4.78, 5) is 13.2. The van der Waals surface area contributed by atoms with Crippen molar-refractivity contribution >= 4 is 35.0 Å². The van der Waals surface area contributed by atoms with E-state index >= 15 is 0 Å². The molecule has 0 saturated heterocycles. The summed E-state index contributed by atoms with van der Waals surface area (Å²) >= 11 is 7.23. The minimum atomic E-state index is -0.478. The van der Waals surface area contributed by atoms with E-state index in [1.807, 2.05) is 12.1 Å². The normalized spacial score (nSPS) is 13.6. The van der Waals surface area contributed by atoms with Crippen LogP contribution >= 0.6 is 23.4 Å². The Morgan fingerprint density at radius 1 is 1.14 bits per heavy atom. The minimum absolute atomic E-state index is 0.148. The first-order chi connectivity index (χ1) is 14.1. The monoisotopic (exact) mass is 430 g/mol. The van der Waals surface area contributed by atoms with Crippen molar-refractivity contribution in [1.82, 2.24) is 14.8 Å². The van der Waals surface area contributed by atoms with Gasteiger partial charge in [0.05, 0.1) is 11.4 Å². The average Bonchev–Trinajstić information content (AvgIpc) is 2.97. The van der Waals surface area contributed by atoms with Crippen molar-refractivity contribution in [3.63, 3.8) is 0 Å². The van der Waals surface area contributed by atoms with Crippen molar-refractivity contribution in [3.05, 3.63) is 59.1 Å². The lowest BCUT2D eigenvalue weighted by Gasteiger charge is -2.10. The van der Waals surface area contributed by atoms with Gasteiger partial charge in [-0.3, -0.25) is 4.79 Å². The van der Waals surface area contributed by atoms with Crippen LogP contribution in [0, 0.1) is 5.82 Å². The maximum absolute atomic E-state index is 14.3. The molecule has 0 atom stereocenters. The van der Waals surface area contributed by atoms with Crippen molar-refractivity contribution in [2.75, 3.05) is 11.1 Å². The fourth-order valence-electron chi connectivity index (χ4n) is 3.32. The van der Waals surface area contributed by atoms with E-state index < -0.39 is 5.82 Å². The lowest BCUT2D eigenvalue weighted by molar-refractivity contribution is -0.113. The maximum atomic E-state index is 14.3. The summed E-state index contributed by atoms with van der Waals surface area (Å²) in [6.45, 7) is 0.856. The van der Waals surface area contributed by atoms with Crippen LogP contribution in [0.3, 0.4) is 0 Å². The maximum Gasteiger partial charge on any atom is 0.234 e. The van der Waals surface area contributed by atoms with Crippen molar-refractivity contribution < 1.29 is 9.18 Å². The number of nitrogens with one attached hydrogen (secondary N) is 1. The van der Waals surface area contributed by atoms with Crippen molar-refractivity contribution in [1.29, 1.82) is 0 Å². The van der Waals surface area contributed by atoms with E-state index in [2.05, 4.69) is 20.1 Å². The second kappa shape index (κ2) is 8.97. The molecule has 29 heavy (non-hydrogen) atoms. The third-order valence-corrected chi connectivity index (χ3v) is 6.06. The number of carbonyl (C=O) groups excluding carboxylic acids is 1. The first kappa shape index (κ1) is 19.9. The van der Waals surface area contributed by atoms with E-state index in [-0.39, 0.29) is 17.3 Å². The van der Waals surface area contributed by atoms with Crippen LogP contribution in [-0.4, -0.2) is 26.4 Å². The number of aromatic nitrogens is 3. The van der Waals surface area contributed by atoms with Crippen LogP contribution in [-0.2, 0) is 17.8 Å². The molecule has 0 fully saturated rings. The van der Waals surface area contributed by atoms with Gasteiger partial charge in [0, 0.05) is 28.4 Å². The number of nitrogens with zero attached hydrogens (tertiary/aromatic N) is 3. The molecule has 0 aliphatic carbocycles. The molecule has 0 radical (unpaired) electrons. The predicted molar refractivity (Wildman–Crippen MR) is 114 cm³/mol. The van der Waals surface area contributed by atoms with Crippen LogP contribution in [0.25, 0.3) is 11.4 Å². The summed E-state index contributed by atoms with van der Waals surface area (Å²) in [5.41, 5.74) is 0.892. The zero-order valence-electron chi connectivity index (χ0n) is 15.7. The molecule has 8 heteroatoms. The molecule has 1 N–H and O–H groups in total. The Kier molecular flexibility index (Phi) is 6.16. The number of fused-ring (bicyclic) bond motifs is 1. The van der Waals surface area contributed by atoms with Gasteiger partial charge in [-0.25, -0.2) is 4.39 Å². The van der Waals surface area contributed by atoms with Gasteiger partial charge in [0.25, 0.3) is 0 Å². The van der Waals surface area contributed by atoms with Gasteiger partial charge in [0.15, 0.2) is 5.82 Å². The van der Waals surface area contributed by atoms with Crippen LogP contribution in [0.2, 0.25) is 5.02 Å². The van der Waals surface area contributed by atoms with E-state index in [4.69, 9.17) is 11.6 Å². The number of amides is 1. The molecule has 1 aliphatic rings. The van der Waals surface area contributed by atoms with E-state index in [9.17, 15) is 9.18 Å². The molecular formula is C21H20ClFN4OS. The van der Waals surface area contributed by atoms with Gasteiger partial charge in [0.1, 0.15) is 11.6 Å². The molecule has 0 saturated carbocycles. The zero-order valence-corrected chi connectivity index (χ0v) is 17.3. The average molecular weight is 431 g/mol. The largest absolute Gasteiger partial charge is 0.323 e. The third-order valence-electron chi connectivity index (χ3n) is 4.79. The van der Waals surface area contributed by atoms with Crippen molar-refractivity contribution in [2.24, 2.45) is 0 Å². The Bertz CT molecular complexity index is 1020. The van der Waals surface area contributed by atoms with Crippen LogP contribution in [0.15, 0.2) is 47.4 Å². The number of aryl methyl sites for hydroxylation is 1. The highest BCUT2D eigenvalue weighted by atomic mass is 35.5. The number of hydrogen-bond acceptors (Lipinski definition) is 4. The smallest absolute Gasteiger partial charge is 0.234 e. The van der Waals surface area contributed by atoms with Crippen LogP contribution in [0.5, 0.6) is 0 Å². The summed E-state index contributed by atoms with van der Waals surface area (Å²) in [6, 6.07) is 11.9. The number of anilines is 1. The van der Waals surface area contributed by atoms with Gasteiger partial charge < -0.3 is 9.88 Å². The van der Waals surface area contributed by atoms with Gasteiger partial charge in [-0.05, 0) is 55.3 Å². The van der Waals surface area contributed by atoms with E-state index in [1.165, 1.54) is 24.2 Å². The fraction of sp³-hybridized carbons (Fsp3) is 0.286. The fourth-order valence-corrected chi connectivity index (χ4v) is 4.15.